The van der Waals surface area contributed by atoms with Crippen molar-refractivity contribution in [3.63, 3.8) is 0 Å². The number of rotatable bonds is 2. The third kappa shape index (κ3) is 4.01. The van der Waals surface area contributed by atoms with E-state index in [9.17, 15) is 14.7 Å². The molecule has 7 heteroatoms. The van der Waals surface area contributed by atoms with Gasteiger partial charge < -0.3 is 19.9 Å². The molecule has 21 heavy (non-hydrogen) atoms. The molecule has 0 aliphatic carbocycles. The first-order valence-electron chi connectivity index (χ1n) is 6.52. The normalized spacial score (nSPS) is 17.9. The van der Waals surface area contributed by atoms with Gasteiger partial charge in [-0.05, 0) is 39.0 Å². The average Bonchev–Trinajstić information content (AvgIpc) is 2.75. The number of ether oxygens (including phenoxy) is 2. The highest BCUT2D eigenvalue weighted by Gasteiger charge is 2.27. The van der Waals surface area contributed by atoms with E-state index in [0.29, 0.717) is 11.3 Å². The van der Waals surface area contributed by atoms with E-state index in [-0.39, 0.29) is 12.3 Å². The fourth-order valence-corrected chi connectivity index (χ4v) is 1.91. The number of nitrogens with one attached hydrogen (secondary N) is 2. The van der Waals surface area contributed by atoms with Crippen LogP contribution in [-0.2, 0) is 9.47 Å². The van der Waals surface area contributed by atoms with Gasteiger partial charge in [-0.2, -0.15) is 0 Å². The first-order valence-corrected chi connectivity index (χ1v) is 6.52. The summed E-state index contributed by atoms with van der Waals surface area (Å²) in [7, 11) is 0. The van der Waals surface area contributed by atoms with Gasteiger partial charge in [-0.3, -0.25) is 5.32 Å². The molecular weight excluding hydrogens is 276 g/mol. The number of phenols is 1. The van der Waals surface area contributed by atoms with Crippen LogP contribution in [0, 0.1) is 0 Å². The van der Waals surface area contributed by atoms with Crippen LogP contribution in [0.3, 0.4) is 0 Å². The second kappa shape index (κ2) is 5.51. The van der Waals surface area contributed by atoms with Crippen LogP contribution in [0.1, 0.15) is 32.4 Å². The van der Waals surface area contributed by atoms with Gasteiger partial charge in [-0.15, -0.1) is 0 Å². The number of carbonyl (C=O) groups excluding carboxylic acids is 2. The lowest BCUT2D eigenvalue weighted by molar-refractivity contribution is 0.0635. The van der Waals surface area contributed by atoms with Crippen molar-refractivity contribution < 1.29 is 24.2 Å². The highest BCUT2D eigenvalue weighted by atomic mass is 16.6. The molecule has 1 heterocycles. The first-order chi connectivity index (χ1) is 9.74. The summed E-state index contributed by atoms with van der Waals surface area (Å²) in [4.78, 5) is 23.0. The van der Waals surface area contributed by atoms with E-state index in [1.165, 1.54) is 18.2 Å². The average molecular weight is 294 g/mol. The number of alkyl carbamates (subject to hydrolysis) is 1. The van der Waals surface area contributed by atoms with Gasteiger partial charge in [0.2, 0.25) is 0 Å². The van der Waals surface area contributed by atoms with Crippen molar-refractivity contribution in [2.75, 3.05) is 11.9 Å². The fourth-order valence-electron chi connectivity index (χ4n) is 1.91. The summed E-state index contributed by atoms with van der Waals surface area (Å²) in [6, 6.07) is 4.40. The van der Waals surface area contributed by atoms with Crippen LogP contribution in [0.15, 0.2) is 18.2 Å². The summed E-state index contributed by atoms with van der Waals surface area (Å²) in [5.41, 5.74) is 0.297. The molecule has 7 nitrogen and oxygen atoms in total. The minimum absolute atomic E-state index is 0.0164. The second-order valence-electron chi connectivity index (χ2n) is 5.67. The van der Waals surface area contributed by atoms with E-state index < -0.39 is 23.9 Å². The zero-order valence-electron chi connectivity index (χ0n) is 12.1. The highest BCUT2D eigenvalue weighted by molar-refractivity contribution is 5.86. The molecule has 0 radical (unpaired) electrons. The Morgan fingerprint density at radius 1 is 1.48 bits per heavy atom. The van der Waals surface area contributed by atoms with E-state index in [2.05, 4.69) is 10.6 Å². The molecule has 1 atom stereocenters. The Bertz CT molecular complexity index is 565. The number of phenolic OH excluding ortho intramolecular Hbond substituents is 1. The third-order valence-corrected chi connectivity index (χ3v) is 2.70. The lowest BCUT2D eigenvalue weighted by atomic mass is 10.1. The van der Waals surface area contributed by atoms with Gasteiger partial charge in [0.05, 0.1) is 12.2 Å². The topological polar surface area (TPSA) is 96.9 Å². The molecule has 0 saturated carbocycles. The van der Waals surface area contributed by atoms with Gasteiger partial charge in [0, 0.05) is 5.56 Å². The fraction of sp³-hybridized carbons (Fsp3) is 0.429. The van der Waals surface area contributed by atoms with Gasteiger partial charge in [0.1, 0.15) is 17.5 Å². The number of carbonyl (C=O) groups is 2. The molecule has 1 aromatic carbocycles. The molecule has 0 aromatic heterocycles. The molecule has 1 aliphatic heterocycles. The van der Waals surface area contributed by atoms with Crippen molar-refractivity contribution in [2.45, 2.75) is 32.5 Å². The number of benzene rings is 1. The first kappa shape index (κ1) is 15.0. The van der Waals surface area contributed by atoms with E-state index in [0.717, 1.165) is 0 Å². The standard InChI is InChI=1S/C14H18N2O5/c1-14(2,3)21-13(19)16-10-5-4-8(17)6-9(10)11-7-15-12(18)20-11/h4-6,11,17H,7H2,1-3H3,(H,15,18)(H,16,19). The summed E-state index contributed by atoms with van der Waals surface area (Å²) >= 11 is 0. The monoisotopic (exact) mass is 294 g/mol. The molecular formula is C14H18N2O5. The van der Waals surface area contributed by atoms with Crippen LogP contribution in [0.4, 0.5) is 15.3 Å². The number of hydrogen-bond acceptors (Lipinski definition) is 5. The molecule has 0 spiro atoms. The van der Waals surface area contributed by atoms with Gasteiger partial charge >= 0.3 is 12.2 Å². The summed E-state index contributed by atoms with van der Waals surface area (Å²) in [6.07, 6.45) is -1.73. The second-order valence-corrected chi connectivity index (χ2v) is 5.67. The maximum atomic E-state index is 11.8. The van der Waals surface area contributed by atoms with Gasteiger partial charge in [-0.25, -0.2) is 9.59 Å². The lowest BCUT2D eigenvalue weighted by Crippen LogP contribution is -2.27. The zero-order chi connectivity index (χ0) is 15.6. The van der Waals surface area contributed by atoms with Crippen molar-refractivity contribution in [1.29, 1.82) is 0 Å². The molecule has 1 saturated heterocycles. The Morgan fingerprint density at radius 2 is 2.19 bits per heavy atom. The molecule has 2 amide bonds. The lowest BCUT2D eigenvalue weighted by Gasteiger charge is -2.21. The molecule has 1 aliphatic rings. The van der Waals surface area contributed by atoms with Crippen LogP contribution in [0.5, 0.6) is 5.75 Å². The highest BCUT2D eigenvalue weighted by Crippen LogP contribution is 2.31. The number of cyclic esters (lactones) is 1. The Hall–Kier alpha value is -2.44. The molecule has 1 aromatic rings. The maximum absolute atomic E-state index is 11.8. The van der Waals surface area contributed by atoms with E-state index >= 15 is 0 Å². The zero-order valence-corrected chi connectivity index (χ0v) is 12.1. The number of anilines is 1. The summed E-state index contributed by atoms with van der Waals surface area (Å²) in [6.45, 7) is 5.54. The van der Waals surface area contributed by atoms with Crippen molar-refractivity contribution >= 4 is 17.9 Å². The number of amides is 2. The van der Waals surface area contributed by atoms with Crippen molar-refractivity contribution in [2.24, 2.45) is 0 Å². The third-order valence-electron chi connectivity index (χ3n) is 2.70. The van der Waals surface area contributed by atoms with Crippen LogP contribution in [0.2, 0.25) is 0 Å². The van der Waals surface area contributed by atoms with Crippen molar-refractivity contribution in [1.82, 2.24) is 5.32 Å². The number of hydrogen-bond donors (Lipinski definition) is 3. The Labute approximate surface area is 122 Å². The smallest absolute Gasteiger partial charge is 0.412 e. The molecule has 114 valence electrons. The van der Waals surface area contributed by atoms with E-state index in [1.54, 1.807) is 20.8 Å². The molecule has 0 bridgehead atoms. The molecule has 1 unspecified atom stereocenters. The summed E-state index contributed by atoms with van der Waals surface area (Å²) < 4.78 is 10.2. The largest absolute Gasteiger partial charge is 0.508 e. The Morgan fingerprint density at radius 3 is 2.76 bits per heavy atom. The van der Waals surface area contributed by atoms with E-state index in [1.807, 2.05) is 0 Å². The van der Waals surface area contributed by atoms with Gasteiger partial charge in [0.15, 0.2) is 0 Å². The van der Waals surface area contributed by atoms with Crippen LogP contribution in [0.25, 0.3) is 0 Å². The van der Waals surface area contributed by atoms with Crippen LogP contribution < -0.4 is 10.6 Å². The minimum Gasteiger partial charge on any atom is -0.508 e. The predicted octanol–water partition coefficient (Wildman–Crippen LogP) is 2.52. The minimum atomic E-state index is -0.622. The summed E-state index contributed by atoms with van der Waals surface area (Å²) in [5, 5.41) is 14.7. The quantitative estimate of drug-likeness (QED) is 0.728. The molecule has 2 rings (SSSR count). The van der Waals surface area contributed by atoms with Crippen LogP contribution >= 0.6 is 0 Å². The predicted molar refractivity (Wildman–Crippen MR) is 75.2 cm³/mol. The Balaban J connectivity index is 2.19. The Kier molecular flexibility index (Phi) is 3.93. The van der Waals surface area contributed by atoms with Crippen molar-refractivity contribution in [3.05, 3.63) is 23.8 Å². The van der Waals surface area contributed by atoms with Crippen LogP contribution in [-0.4, -0.2) is 29.4 Å². The SMILES string of the molecule is CC(C)(C)OC(=O)Nc1ccc(O)cc1C1CNC(=O)O1. The van der Waals surface area contributed by atoms with Gasteiger partial charge in [-0.1, -0.05) is 0 Å². The summed E-state index contributed by atoms with van der Waals surface area (Å²) in [5.74, 6) is 0.0164. The number of aromatic hydroxyl groups is 1. The molecule has 1 fully saturated rings. The van der Waals surface area contributed by atoms with E-state index in [4.69, 9.17) is 9.47 Å². The van der Waals surface area contributed by atoms with Crippen molar-refractivity contribution in [3.8, 4) is 5.75 Å². The van der Waals surface area contributed by atoms with Gasteiger partial charge in [0.25, 0.3) is 0 Å². The maximum Gasteiger partial charge on any atom is 0.412 e. The molecule has 3 N–H and O–H groups in total.